The first-order valence-corrected chi connectivity index (χ1v) is 5.58. The van der Waals surface area contributed by atoms with Crippen LogP contribution in [-0.2, 0) is 0 Å². The molecule has 0 N–H and O–H groups in total. The smallest absolute Gasteiger partial charge is 0.213 e. The highest BCUT2D eigenvalue weighted by atomic mass is 16.5. The van der Waals surface area contributed by atoms with Crippen molar-refractivity contribution in [2.45, 2.75) is 0 Å². The summed E-state index contributed by atoms with van der Waals surface area (Å²) in [6.45, 7) is 0. The fourth-order valence-corrected chi connectivity index (χ4v) is 1.84. The molecule has 0 spiro atoms. The molecule has 4 heteroatoms. The quantitative estimate of drug-likeness (QED) is 0.687. The predicted octanol–water partition coefficient (Wildman–Crippen LogP) is 2.70. The molecular formula is C14H11N3O. The molecule has 3 aromatic rings. The molecule has 0 atom stereocenters. The second kappa shape index (κ2) is 4.41. The fourth-order valence-electron chi connectivity index (χ4n) is 1.84. The highest BCUT2D eigenvalue weighted by molar-refractivity contribution is 5.81. The van der Waals surface area contributed by atoms with E-state index in [9.17, 15) is 0 Å². The maximum Gasteiger partial charge on any atom is 0.213 e. The maximum atomic E-state index is 5.12. The third kappa shape index (κ3) is 1.88. The van der Waals surface area contributed by atoms with E-state index in [1.54, 1.807) is 25.7 Å². The van der Waals surface area contributed by atoms with Crippen molar-refractivity contribution >= 4 is 11.0 Å². The zero-order valence-corrected chi connectivity index (χ0v) is 9.87. The molecule has 0 unspecified atom stereocenters. The van der Waals surface area contributed by atoms with Gasteiger partial charge in [0.2, 0.25) is 5.88 Å². The van der Waals surface area contributed by atoms with Crippen LogP contribution in [0.25, 0.3) is 22.2 Å². The predicted molar refractivity (Wildman–Crippen MR) is 69.3 cm³/mol. The Kier molecular flexibility index (Phi) is 2.61. The number of pyridine rings is 1. The molecule has 0 aliphatic rings. The molecule has 0 saturated carbocycles. The Bertz CT molecular complexity index is 697. The summed E-state index contributed by atoms with van der Waals surface area (Å²) < 4.78 is 5.12. The monoisotopic (exact) mass is 237 g/mol. The largest absolute Gasteiger partial charge is 0.481 e. The number of hydrogen-bond donors (Lipinski definition) is 0. The van der Waals surface area contributed by atoms with Crippen LogP contribution in [0.15, 0.2) is 48.9 Å². The van der Waals surface area contributed by atoms with Gasteiger partial charge in [0.1, 0.15) is 0 Å². The van der Waals surface area contributed by atoms with Gasteiger partial charge < -0.3 is 4.74 Å². The number of ether oxygens (including phenoxy) is 1. The van der Waals surface area contributed by atoms with E-state index >= 15 is 0 Å². The normalized spacial score (nSPS) is 10.5. The van der Waals surface area contributed by atoms with Crippen LogP contribution in [0.5, 0.6) is 5.88 Å². The summed E-state index contributed by atoms with van der Waals surface area (Å²) in [4.78, 5) is 12.6. The first kappa shape index (κ1) is 10.7. The number of fused-ring (bicyclic) bond motifs is 1. The van der Waals surface area contributed by atoms with Crippen LogP contribution in [0.3, 0.4) is 0 Å². The molecule has 18 heavy (non-hydrogen) atoms. The lowest BCUT2D eigenvalue weighted by Gasteiger charge is -2.04. The van der Waals surface area contributed by atoms with Crippen molar-refractivity contribution in [2.24, 2.45) is 0 Å². The van der Waals surface area contributed by atoms with Crippen LogP contribution in [0.2, 0.25) is 0 Å². The molecule has 0 fully saturated rings. The molecule has 0 amide bonds. The number of rotatable bonds is 2. The van der Waals surface area contributed by atoms with Crippen LogP contribution < -0.4 is 4.74 Å². The Morgan fingerprint density at radius 1 is 0.778 bits per heavy atom. The van der Waals surface area contributed by atoms with E-state index in [2.05, 4.69) is 15.0 Å². The maximum absolute atomic E-state index is 5.12. The van der Waals surface area contributed by atoms with E-state index in [-0.39, 0.29) is 0 Å². The number of aromatic nitrogens is 3. The average molecular weight is 237 g/mol. The highest BCUT2D eigenvalue weighted by Crippen LogP contribution is 2.24. The van der Waals surface area contributed by atoms with Gasteiger partial charge >= 0.3 is 0 Å². The molecule has 2 aromatic heterocycles. The Labute approximate surface area is 104 Å². The zero-order valence-electron chi connectivity index (χ0n) is 9.87. The van der Waals surface area contributed by atoms with Crippen molar-refractivity contribution in [3.05, 3.63) is 48.9 Å². The van der Waals surface area contributed by atoms with E-state index in [4.69, 9.17) is 4.74 Å². The number of hydrogen-bond acceptors (Lipinski definition) is 4. The molecule has 0 saturated heterocycles. The van der Waals surface area contributed by atoms with Crippen molar-refractivity contribution in [1.29, 1.82) is 0 Å². The summed E-state index contributed by atoms with van der Waals surface area (Å²) in [5.74, 6) is 0.603. The Morgan fingerprint density at radius 2 is 1.56 bits per heavy atom. The summed E-state index contributed by atoms with van der Waals surface area (Å²) >= 11 is 0. The average Bonchev–Trinajstić information content (AvgIpc) is 2.47. The van der Waals surface area contributed by atoms with Gasteiger partial charge in [0.25, 0.3) is 0 Å². The number of benzene rings is 1. The van der Waals surface area contributed by atoms with Crippen molar-refractivity contribution in [3.8, 4) is 17.0 Å². The fraction of sp³-hybridized carbons (Fsp3) is 0.0714. The summed E-state index contributed by atoms with van der Waals surface area (Å²) in [5, 5.41) is 0. The highest BCUT2D eigenvalue weighted by Gasteiger charge is 2.02. The minimum Gasteiger partial charge on any atom is -0.481 e. The van der Waals surface area contributed by atoms with E-state index in [0.29, 0.717) is 5.88 Å². The number of nitrogens with zero attached hydrogens (tertiary/aromatic N) is 3. The second-order valence-corrected chi connectivity index (χ2v) is 3.85. The third-order valence-electron chi connectivity index (χ3n) is 2.75. The van der Waals surface area contributed by atoms with Crippen molar-refractivity contribution in [1.82, 2.24) is 15.0 Å². The van der Waals surface area contributed by atoms with Crippen LogP contribution >= 0.6 is 0 Å². The van der Waals surface area contributed by atoms with Gasteiger partial charge in [0, 0.05) is 24.7 Å². The second-order valence-electron chi connectivity index (χ2n) is 3.85. The summed E-state index contributed by atoms with van der Waals surface area (Å²) in [6.07, 6.45) is 5.12. The minimum absolute atomic E-state index is 0.603. The molecule has 2 heterocycles. The standard InChI is InChI=1S/C14H11N3O/c1-18-14-9-11(4-5-17-14)10-2-3-12-13(8-10)16-7-6-15-12/h2-9H,1H3. The molecule has 0 aliphatic carbocycles. The first-order valence-electron chi connectivity index (χ1n) is 5.58. The summed E-state index contributed by atoms with van der Waals surface area (Å²) in [6, 6.07) is 9.84. The van der Waals surface area contributed by atoms with Gasteiger partial charge in [-0.05, 0) is 29.3 Å². The Hall–Kier alpha value is -2.49. The van der Waals surface area contributed by atoms with Crippen LogP contribution in [-0.4, -0.2) is 22.1 Å². The molecule has 88 valence electrons. The minimum atomic E-state index is 0.603. The molecule has 0 aliphatic heterocycles. The van der Waals surface area contributed by atoms with E-state index in [1.165, 1.54) is 0 Å². The summed E-state index contributed by atoms with van der Waals surface area (Å²) in [5.41, 5.74) is 3.89. The first-order chi connectivity index (χ1) is 8.86. The SMILES string of the molecule is COc1cc(-c2ccc3nccnc3c2)ccn1. The molecule has 3 rings (SSSR count). The van der Waals surface area contributed by atoms with Gasteiger partial charge in [-0.3, -0.25) is 9.97 Å². The van der Waals surface area contributed by atoms with Crippen LogP contribution in [0, 0.1) is 0 Å². The van der Waals surface area contributed by atoms with Gasteiger partial charge in [-0.2, -0.15) is 0 Å². The van der Waals surface area contributed by atoms with Crippen molar-refractivity contribution in [3.63, 3.8) is 0 Å². The lowest BCUT2D eigenvalue weighted by atomic mass is 10.1. The Morgan fingerprint density at radius 3 is 2.39 bits per heavy atom. The molecule has 0 bridgehead atoms. The van der Waals surface area contributed by atoms with Gasteiger partial charge in [-0.25, -0.2) is 4.98 Å². The van der Waals surface area contributed by atoms with Gasteiger partial charge in [-0.15, -0.1) is 0 Å². The van der Waals surface area contributed by atoms with Gasteiger partial charge in [0.15, 0.2) is 0 Å². The van der Waals surface area contributed by atoms with E-state index < -0.39 is 0 Å². The van der Waals surface area contributed by atoms with E-state index in [0.717, 1.165) is 22.2 Å². The lowest BCUT2D eigenvalue weighted by Crippen LogP contribution is -1.88. The van der Waals surface area contributed by atoms with Crippen LogP contribution in [0.4, 0.5) is 0 Å². The Balaban J connectivity index is 2.13. The summed E-state index contributed by atoms with van der Waals surface area (Å²) in [7, 11) is 1.61. The van der Waals surface area contributed by atoms with Crippen LogP contribution in [0.1, 0.15) is 0 Å². The molecule has 4 nitrogen and oxygen atoms in total. The van der Waals surface area contributed by atoms with Crippen molar-refractivity contribution < 1.29 is 4.74 Å². The molecular weight excluding hydrogens is 226 g/mol. The zero-order chi connectivity index (χ0) is 12.4. The van der Waals surface area contributed by atoms with Crippen molar-refractivity contribution in [2.75, 3.05) is 7.11 Å². The van der Waals surface area contributed by atoms with E-state index in [1.807, 2.05) is 30.3 Å². The molecule has 1 aromatic carbocycles. The third-order valence-corrected chi connectivity index (χ3v) is 2.75. The topological polar surface area (TPSA) is 47.9 Å². The van der Waals surface area contributed by atoms with Gasteiger partial charge in [-0.1, -0.05) is 6.07 Å². The number of methoxy groups -OCH3 is 1. The van der Waals surface area contributed by atoms with Gasteiger partial charge in [0.05, 0.1) is 18.1 Å². The molecule has 0 radical (unpaired) electrons. The lowest BCUT2D eigenvalue weighted by molar-refractivity contribution is 0.398.